The van der Waals surface area contributed by atoms with Crippen LogP contribution in [0.25, 0.3) is 0 Å². The zero-order valence-corrected chi connectivity index (χ0v) is 12.2. The normalized spacial score (nSPS) is 12.9. The number of hydrogen-bond donors (Lipinski definition) is 1. The number of nitrogens with two attached hydrogens (primary N) is 1. The molecule has 0 aliphatic heterocycles. The molecule has 0 aliphatic carbocycles. The minimum atomic E-state index is -0.491. The lowest BCUT2D eigenvalue weighted by atomic mass is 9.86. The summed E-state index contributed by atoms with van der Waals surface area (Å²) in [4.78, 5) is 13.7. The molecule has 0 saturated carbocycles. The monoisotopic (exact) mass is 264 g/mol. The highest BCUT2D eigenvalue weighted by Crippen LogP contribution is 2.18. The molecule has 1 atom stereocenters. The summed E-state index contributed by atoms with van der Waals surface area (Å²) in [6.45, 7) is 6.87. The fourth-order valence-electron chi connectivity index (χ4n) is 1.54. The van der Waals surface area contributed by atoms with E-state index in [4.69, 9.17) is 10.5 Å². The van der Waals surface area contributed by atoms with Gasteiger partial charge in [-0.15, -0.1) is 0 Å². The van der Waals surface area contributed by atoms with Gasteiger partial charge in [0.2, 0.25) is 5.91 Å². The molecule has 0 aliphatic rings. The first-order valence-electron chi connectivity index (χ1n) is 6.51. The van der Waals surface area contributed by atoms with Gasteiger partial charge in [0.1, 0.15) is 12.4 Å². The Morgan fingerprint density at radius 2 is 1.89 bits per heavy atom. The van der Waals surface area contributed by atoms with E-state index in [1.54, 1.807) is 11.9 Å². The Hall–Kier alpha value is -1.55. The molecule has 1 rings (SSSR count). The van der Waals surface area contributed by atoms with Crippen molar-refractivity contribution in [3.05, 3.63) is 30.3 Å². The first-order chi connectivity index (χ1) is 8.82. The maximum Gasteiger partial charge on any atom is 0.239 e. The Balaban J connectivity index is 2.39. The zero-order chi connectivity index (χ0) is 14.5. The number of amides is 1. The van der Waals surface area contributed by atoms with Crippen molar-refractivity contribution in [3.8, 4) is 5.75 Å². The Labute approximate surface area is 115 Å². The number of ether oxygens (including phenoxy) is 1. The van der Waals surface area contributed by atoms with Gasteiger partial charge in [-0.25, -0.2) is 0 Å². The molecular formula is C15H24N2O2. The van der Waals surface area contributed by atoms with Crippen molar-refractivity contribution in [1.82, 2.24) is 4.90 Å². The van der Waals surface area contributed by atoms with Gasteiger partial charge in [0.05, 0.1) is 12.6 Å². The molecule has 1 aromatic carbocycles. The van der Waals surface area contributed by atoms with Crippen LogP contribution >= 0.6 is 0 Å². The van der Waals surface area contributed by atoms with Crippen molar-refractivity contribution in [2.75, 3.05) is 20.2 Å². The van der Waals surface area contributed by atoms with Crippen molar-refractivity contribution < 1.29 is 9.53 Å². The van der Waals surface area contributed by atoms with Crippen LogP contribution < -0.4 is 10.5 Å². The highest BCUT2D eigenvalue weighted by Gasteiger charge is 2.29. The summed E-state index contributed by atoms with van der Waals surface area (Å²) in [7, 11) is 1.75. The molecule has 4 heteroatoms. The van der Waals surface area contributed by atoms with Crippen molar-refractivity contribution in [2.24, 2.45) is 11.1 Å². The lowest BCUT2D eigenvalue weighted by Crippen LogP contribution is -2.49. The molecule has 0 bridgehead atoms. The van der Waals surface area contributed by atoms with Gasteiger partial charge in [-0.3, -0.25) is 4.79 Å². The first-order valence-corrected chi connectivity index (χ1v) is 6.51. The summed E-state index contributed by atoms with van der Waals surface area (Å²) < 4.78 is 5.56. The topological polar surface area (TPSA) is 55.6 Å². The van der Waals surface area contributed by atoms with E-state index in [2.05, 4.69) is 0 Å². The highest BCUT2D eigenvalue weighted by atomic mass is 16.5. The van der Waals surface area contributed by atoms with Gasteiger partial charge in [-0.2, -0.15) is 0 Å². The van der Waals surface area contributed by atoms with Gasteiger partial charge in [0, 0.05) is 7.05 Å². The standard InChI is InChI=1S/C15H24N2O2/c1-15(2,3)13(16)14(18)17(4)10-11-19-12-8-6-5-7-9-12/h5-9,13H,10-11,16H2,1-4H3. The Kier molecular flexibility index (Phi) is 5.36. The van der Waals surface area contributed by atoms with E-state index in [0.717, 1.165) is 5.75 Å². The maximum atomic E-state index is 12.1. The number of carbonyl (C=O) groups is 1. The number of rotatable bonds is 5. The number of hydrogen-bond acceptors (Lipinski definition) is 3. The van der Waals surface area contributed by atoms with Gasteiger partial charge < -0.3 is 15.4 Å². The number of para-hydroxylation sites is 1. The van der Waals surface area contributed by atoms with Crippen molar-refractivity contribution >= 4 is 5.91 Å². The number of benzene rings is 1. The summed E-state index contributed by atoms with van der Waals surface area (Å²) in [6, 6.07) is 9.06. The molecule has 0 spiro atoms. The van der Waals surface area contributed by atoms with Crippen molar-refractivity contribution in [1.29, 1.82) is 0 Å². The fourth-order valence-corrected chi connectivity index (χ4v) is 1.54. The summed E-state index contributed by atoms with van der Waals surface area (Å²) in [5.41, 5.74) is 5.72. The largest absolute Gasteiger partial charge is 0.492 e. The third-order valence-electron chi connectivity index (χ3n) is 3.01. The first kappa shape index (κ1) is 15.5. The smallest absolute Gasteiger partial charge is 0.239 e. The van der Waals surface area contributed by atoms with Gasteiger partial charge in [-0.05, 0) is 17.5 Å². The van der Waals surface area contributed by atoms with Crippen LogP contribution in [-0.2, 0) is 4.79 Å². The molecule has 0 fully saturated rings. The summed E-state index contributed by atoms with van der Waals surface area (Å²) in [5, 5.41) is 0. The molecule has 2 N–H and O–H groups in total. The average molecular weight is 264 g/mol. The van der Waals surface area contributed by atoms with Crippen LogP contribution in [0.15, 0.2) is 30.3 Å². The molecule has 1 aromatic rings. The van der Waals surface area contributed by atoms with Gasteiger partial charge in [-0.1, -0.05) is 39.0 Å². The van der Waals surface area contributed by atoms with Crippen LogP contribution in [0, 0.1) is 5.41 Å². The molecular weight excluding hydrogens is 240 g/mol. The van der Waals surface area contributed by atoms with Crippen LogP contribution in [0.1, 0.15) is 20.8 Å². The van der Waals surface area contributed by atoms with Crippen molar-refractivity contribution in [3.63, 3.8) is 0 Å². The maximum absolute atomic E-state index is 12.1. The Morgan fingerprint density at radius 1 is 1.32 bits per heavy atom. The van der Waals surface area contributed by atoms with E-state index in [-0.39, 0.29) is 11.3 Å². The lowest BCUT2D eigenvalue weighted by molar-refractivity contribution is -0.133. The fraction of sp³-hybridized carbons (Fsp3) is 0.533. The summed E-state index contributed by atoms with van der Waals surface area (Å²) >= 11 is 0. The van der Waals surface area contributed by atoms with Crippen molar-refractivity contribution in [2.45, 2.75) is 26.8 Å². The molecule has 19 heavy (non-hydrogen) atoms. The minimum absolute atomic E-state index is 0.0517. The summed E-state index contributed by atoms with van der Waals surface area (Å²) in [6.07, 6.45) is 0. The van der Waals surface area contributed by atoms with E-state index in [0.29, 0.717) is 13.2 Å². The highest BCUT2D eigenvalue weighted by molar-refractivity contribution is 5.82. The van der Waals surface area contributed by atoms with Gasteiger partial charge >= 0.3 is 0 Å². The molecule has 0 radical (unpaired) electrons. The third-order valence-corrected chi connectivity index (χ3v) is 3.01. The zero-order valence-electron chi connectivity index (χ0n) is 12.2. The van der Waals surface area contributed by atoms with Crippen LogP contribution in [0.5, 0.6) is 5.75 Å². The Bertz CT molecular complexity index is 398. The van der Waals surface area contributed by atoms with Gasteiger partial charge in [0.25, 0.3) is 0 Å². The molecule has 1 unspecified atom stereocenters. The second-order valence-electron chi connectivity index (χ2n) is 5.77. The van der Waals surface area contributed by atoms with Crippen LogP contribution in [0.4, 0.5) is 0 Å². The Morgan fingerprint density at radius 3 is 2.42 bits per heavy atom. The van der Waals surface area contributed by atoms with E-state index in [9.17, 15) is 4.79 Å². The predicted octanol–water partition coefficient (Wildman–Crippen LogP) is 1.90. The number of nitrogens with zero attached hydrogens (tertiary/aromatic N) is 1. The predicted molar refractivity (Wildman–Crippen MR) is 77.0 cm³/mol. The lowest BCUT2D eigenvalue weighted by Gasteiger charge is -2.29. The van der Waals surface area contributed by atoms with Gasteiger partial charge in [0.15, 0.2) is 0 Å². The van der Waals surface area contributed by atoms with E-state index < -0.39 is 6.04 Å². The second-order valence-corrected chi connectivity index (χ2v) is 5.77. The average Bonchev–Trinajstić information content (AvgIpc) is 2.37. The third kappa shape index (κ3) is 4.91. The number of likely N-dealkylation sites (N-methyl/N-ethyl adjacent to an activating group) is 1. The number of carbonyl (C=O) groups excluding carboxylic acids is 1. The summed E-state index contributed by atoms with van der Waals surface area (Å²) in [5.74, 6) is 0.757. The second kappa shape index (κ2) is 6.57. The van der Waals surface area contributed by atoms with Crippen LogP contribution in [0.2, 0.25) is 0 Å². The molecule has 106 valence electrons. The van der Waals surface area contributed by atoms with E-state index >= 15 is 0 Å². The van der Waals surface area contributed by atoms with E-state index in [1.165, 1.54) is 0 Å². The molecule has 0 aromatic heterocycles. The van der Waals surface area contributed by atoms with Crippen LogP contribution in [-0.4, -0.2) is 37.0 Å². The van der Waals surface area contributed by atoms with Crippen LogP contribution in [0.3, 0.4) is 0 Å². The molecule has 4 nitrogen and oxygen atoms in total. The molecule has 1 amide bonds. The molecule has 0 heterocycles. The minimum Gasteiger partial charge on any atom is -0.492 e. The SMILES string of the molecule is CN(CCOc1ccccc1)C(=O)C(N)C(C)(C)C. The quantitative estimate of drug-likeness (QED) is 0.883. The van der Waals surface area contributed by atoms with E-state index in [1.807, 2.05) is 51.1 Å². The molecule has 0 saturated heterocycles.